The number of aromatic nitrogens is 1. The molecule has 1 aromatic heterocycles. The van der Waals surface area contributed by atoms with Crippen LogP contribution in [-0.4, -0.2) is 51.9 Å². The first-order chi connectivity index (χ1) is 16.1. The largest absolute Gasteiger partial charge is 0.466 e. The molecule has 34 heavy (non-hydrogen) atoms. The average Bonchev–Trinajstić information content (AvgIpc) is 3.05. The molecule has 0 saturated carbocycles. The summed E-state index contributed by atoms with van der Waals surface area (Å²) in [6.45, 7) is 9.41. The second-order valence-electron chi connectivity index (χ2n) is 8.94. The first kappa shape index (κ1) is 26.0. The zero-order valence-electron chi connectivity index (χ0n) is 20.2. The molecule has 0 spiro atoms. The number of carbonyl (C=O) groups excluding carboxylic acids is 2. The molecular formula is C24H30N4O4S2. The summed E-state index contributed by atoms with van der Waals surface area (Å²) in [7, 11) is 1.62. The smallest absolute Gasteiger partial charge is 0.310 e. The normalized spacial score (nSPS) is 19.8. The van der Waals surface area contributed by atoms with E-state index in [1.807, 2.05) is 24.8 Å². The number of pyridine rings is 1. The summed E-state index contributed by atoms with van der Waals surface area (Å²) in [6, 6.07) is 2.02. The third-order valence-corrected chi connectivity index (χ3v) is 7.38. The molecule has 1 aromatic rings. The second kappa shape index (κ2) is 10.7. The van der Waals surface area contributed by atoms with Crippen molar-refractivity contribution in [2.75, 3.05) is 31.1 Å². The summed E-state index contributed by atoms with van der Waals surface area (Å²) in [6.07, 6.45) is 3.20. The number of ether oxygens (including phenoxy) is 1. The van der Waals surface area contributed by atoms with Crippen molar-refractivity contribution in [1.82, 2.24) is 9.47 Å². The van der Waals surface area contributed by atoms with Gasteiger partial charge in [-0.15, -0.1) is 0 Å². The van der Waals surface area contributed by atoms with E-state index < -0.39 is 5.56 Å². The molecule has 0 aromatic carbocycles. The average molecular weight is 503 g/mol. The molecule has 1 unspecified atom stereocenters. The Morgan fingerprint density at radius 1 is 1.38 bits per heavy atom. The number of nitriles is 1. The third-order valence-electron chi connectivity index (χ3n) is 6.01. The number of rotatable bonds is 6. The lowest BCUT2D eigenvalue weighted by Crippen LogP contribution is -2.42. The first-order valence-electron chi connectivity index (χ1n) is 11.4. The Hall–Kier alpha value is -2.64. The Balaban J connectivity index is 2.12. The summed E-state index contributed by atoms with van der Waals surface area (Å²) >= 11 is 6.67. The SMILES string of the molecule is CCOC(=O)C1CCCN(c2c(/C=C3/SC(=S)N(CC(C)C)C3=O)c(C)c(C#N)c(=O)n2C)C1. The molecular weight excluding hydrogens is 472 g/mol. The number of thioether (sulfide) groups is 1. The molecule has 10 heteroatoms. The molecule has 182 valence electrons. The van der Waals surface area contributed by atoms with Crippen molar-refractivity contribution in [2.45, 2.75) is 40.5 Å². The van der Waals surface area contributed by atoms with Gasteiger partial charge in [0.15, 0.2) is 0 Å². The molecule has 0 bridgehead atoms. The topological polar surface area (TPSA) is 95.6 Å². The van der Waals surface area contributed by atoms with E-state index in [2.05, 4.69) is 0 Å². The van der Waals surface area contributed by atoms with Crippen LogP contribution in [0, 0.1) is 30.1 Å². The molecule has 2 fully saturated rings. The van der Waals surface area contributed by atoms with Gasteiger partial charge in [0.05, 0.1) is 17.4 Å². The van der Waals surface area contributed by atoms with Gasteiger partial charge in [-0.05, 0) is 44.2 Å². The Labute approximate surface area is 209 Å². The summed E-state index contributed by atoms with van der Waals surface area (Å²) in [5.74, 6) is 0.111. The number of nitrogens with zero attached hydrogens (tertiary/aromatic N) is 4. The first-order valence-corrected chi connectivity index (χ1v) is 12.6. The van der Waals surface area contributed by atoms with Crippen LogP contribution in [0.15, 0.2) is 9.70 Å². The molecule has 1 atom stereocenters. The zero-order chi connectivity index (χ0) is 25.2. The lowest BCUT2D eigenvalue weighted by atomic mass is 9.96. The van der Waals surface area contributed by atoms with E-state index in [-0.39, 0.29) is 29.3 Å². The van der Waals surface area contributed by atoms with Gasteiger partial charge in [0, 0.05) is 32.2 Å². The van der Waals surface area contributed by atoms with Crippen LogP contribution < -0.4 is 10.5 Å². The highest BCUT2D eigenvalue weighted by molar-refractivity contribution is 8.26. The fourth-order valence-electron chi connectivity index (χ4n) is 4.37. The minimum atomic E-state index is -0.405. The lowest BCUT2D eigenvalue weighted by molar-refractivity contribution is -0.148. The maximum Gasteiger partial charge on any atom is 0.310 e. The predicted molar refractivity (Wildman–Crippen MR) is 137 cm³/mol. The van der Waals surface area contributed by atoms with Gasteiger partial charge in [-0.2, -0.15) is 5.26 Å². The van der Waals surface area contributed by atoms with Crippen LogP contribution in [0.25, 0.3) is 6.08 Å². The van der Waals surface area contributed by atoms with E-state index in [1.54, 1.807) is 31.9 Å². The van der Waals surface area contributed by atoms with Crippen LogP contribution in [0.1, 0.15) is 50.3 Å². The number of amides is 1. The highest BCUT2D eigenvalue weighted by Crippen LogP contribution is 2.37. The van der Waals surface area contributed by atoms with Crippen molar-refractivity contribution in [3.63, 3.8) is 0 Å². The number of carbonyl (C=O) groups is 2. The maximum absolute atomic E-state index is 13.1. The molecule has 0 aliphatic carbocycles. The van der Waals surface area contributed by atoms with E-state index in [9.17, 15) is 19.6 Å². The van der Waals surface area contributed by atoms with E-state index >= 15 is 0 Å². The third kappa shape index (κ3) is 5.05. The van der Waals surface area contributed by atoms with Crippen LogP contribution in [0.5, 0.6) is 0 Å². The molecule has 3 heterocycles. The highest BCUT2D eigenvalue weighted by Gasteiger charge is 2.34. The lowest BCUT2D eigenvalue weighted by Gasteiger charge is -2.35. The van der Waals surface area contributed by atoms with E-state index in [1.165, 1.54) is 16.3 Å². The summed E-state index contributed by atoms with van der Waals surface area (Å²) in [5, 5.41) is 9.66. The van der Waals surface area contributed by atoms with Gasteiger partial charge in [-0.25, -0.2) is 0 Å². The molecule has 2 saturated heterocycles. The number of hydrogen-bond acceptors (Lipinski definition) is 8. The fourth-order valence-corrected chi connectivity index (χ4v) is 5.63. The Bertz CT molecular complexity index is 1150. The quantitative estimate of drug-likeness (QED) is 0.332. The van der Waals surface area contributed by atoms with Gasteiger partial charge in [0.2, 0.25) is 0 Å². The molecule has 3 rings (SSSR count). The Morgan fingerprint density at radius 2 is 2.09 bits per heavy atom. The Kier molecular flexibility index (Phi) is 8.21. The van der Waals surface area contributed by atoms with E-state index in [0.29, 0.717) is 58.8 Å². The van der Waals surface area contributed by atoms with Crippen LogP contribution in [0.4, 0.5) is 5.82 Å². The Morgan fingerprint density at radius 3 is 2.71 bits per heavy atom. The predicted octanol–water partition coefficient (Wildman–Crippen LogP) is 3.20. The molecule has 2 aliphatic heterocycles. The van der Waals surface area contributed by atoms with Crippen LogP contribution in [0.3, 0.4) is 0 Å². The summed E-state index contributed by atoms with van der Waals surface area (Å²) in [5.41, 5.74) is 0.757. The van der Waals surface area contributed by atoms with Gasteiger partial charge in [0.1, 0.15) is 21.8 Å². The van der Waals surface area contributed by atoms with Crippen molar-refractivity contribution in [1.29, 1.82) is 5.26 Å². The summed E-state index contributed by atoms with van der Waals surface area (Å²) in [4.78, 5) is 42.6. The molecule has 0 radical (unpaired) electrons. The van der Waals surface area contributed by atoms with Crippen LogP contribution in [-0.2, 0) is 21.4 Å². The van der Waals surface area contributed by atoms with Crippen molar-refractivity contribution >= 4 is 52.1 Å². The van der Waals surface area contributed by atoms with E-state index in [4.69, 9.17) is 17.0 Å². The number of piperidine rings is 1. The van der Waals surface area contributed by atoms with Gasteiger partial charge >= 0.3 is 5.97 Å². The number of thiocarbonyl (C=S) groups is 1. The zero-order valence-corrected chi connectivity index (χ0v) is 21.8. The molecule has 8 nitrogen and oxygen atoms in total. The van der Waals surface area contributed by atoms with Crippen molar-refractivity contribution in [2.24, 2.45) is 18.9 Å². The van der Waals surface area contributed by atoms with Gasteiger partial charge in [-0.3, -0.25) is 23.9 Å². The standard InChI is InChI=1S/C24H30N4O4S2/c1-6-32-23(31)16-8-7-9-27(13-16)20-17(15(4)18(11-25)21(29)26(20)5)10-19-22(30)28(12-14(2)3)24(33)34-19/h10,14,16H,6-9,12-13H2,1-5H3/b19-10+. The molecule has 1 amide bonds. The minimum Gasteiger partial charge on any atom is -0.466 e. The highest BCUT2D eigenvalue weighted by atomic mass is 32.2. The van der Waals surface area contributed by atoms with Gasteiger partial charge < -0.3 is 9.64 Å². The van der Waals surface area contributed by atoms with Gasteiger partial charge in [0.25, 0.3) is 11.5 Å². The fraction of sp³-hybridized carbons (Fsp3) is 0.542. The second-order valence-corrected chi connectivity index (χ2v) is 10.6. The van der Waals surface area contributed by atoms with Crippen LogP contribution >= 0.6 is 24.0 Å². The van der Waals surface area contributed by atoms with Crippen molar-refractivity contribution in [3.05, 3.63) is 31.9 Å². The maximum atomic E-state index is 13.1. The molecule has 2 aliphatic rings. The van der Waals surface area contributed by atoms with Crippen molar-refractivity contribution < 1.29 is 14.3 Å². The summed E-state index contributed by atoms with van der Waals surface area (Å²) < 4.78 is 7.17. The van der Waals surface area contributed by atoms with Gasteiger partial charge in [-0.1, -0.05) is 37.8 Å². The van der Waals surface area contributed by atoms with Crippen LogP contribution in [0.2, 0.25) is 0 Å². The number of anilines is 1. The number of hydrogen-bond donors (Lipinski definition) is 0. The van der Waals surface area contributed by atoms with Crippen molar-refractivity contribution in [3.8, 4) is 6.07 Å². The van der Waals surface area contributed by atoms with E-state index in [0.717, 1.165) is 6.42 Å². The molecule has 0 N–H and O–H groups in total. The number of esters is 1. The minimum absolute atomic E-state index is 0.0362. The monoisotopic (exact) mass is 502 g/mol.